The highest BCUT2D eigenvalue weighted by molar-refractivity contribution is 7.15. The number of halogens is 1. The van der Waals surface area contributed by atoms with Gasteiger partial charge in [-0.1, -0.05) is 35.9 Å². The van der Waals surface area contributed by atoms with Gasteiger partial charge in [0, 0.05) is 60.8 Å². The molecule has 1 aliphatic carbocycles. The Morgan fingerprint density at radius 3 is 2.49 bits per heavy atom. The summed E-state index contributed by atoms with van der Waals surface area (Å²) < 4.78 is 14.0. The zero-order chi connectivity index (χ0) is 43.2. The molecule has 1 unspecified atom stereocenters. The van der Waals surface area contributed by atoms with Crippen LogP contribution >= 0.6 is 22.9 Å². The number of nitriles is 1. The number of aliphatic imine (C=N–C) groups is 1. The molecule has 0 radical (unpaired) electrons. The lowest BCUT2D eigenvalue weighted by Gasteiger charge is -2.54. The van der Waals surface area contributed by atoms with Crippen LogP contribution in [0.4, 0.5) is 5.82 Å². The lowest BCUT2D eigenvalue weighted by Crippen LogP contribution is -2.59. The van der Waals surface area contributed by atoms with Crippen molar-refractivity contribution in [1.29, 1.82) is 5.26 Å². The van der Waals surface area contributed by atoms with Gasteiger partial charge in [0.05, 0.1) is 35.0 Å². The van der Waals surface area contributed by atoms with Crippen LogP contribution in [-0.4, -0.2) is 84.0 Å². The van der Waals surface area contributed by atoms with E-state index in [2.05, 4.69) is 89.2 Å². The maximum absolute atomic E-state index is 11.0. The number of aliphatic hydroxyl groups is 1. The smallest absolute Gasteiger partial charge is 0.196 e. The van der Waals surface area contributed by atoms with E-state index in [1.54, 1.807) is 42.0 Å². The summed E-state index contributed by atoms with van der Waals surface area (Å²) in [5, 5.41) is 43.0. The number of piperidine rings is 1. The molecule has 324 valence electrons. The number of rotatable bonds is 11. The Kier molecular flexibility index (Phi) is 11.4. The Morgan fingerprint density at radius 2 is 1.79 bits per heavy atom. The molecule has 0 amide bonds. The fourth-order valence-electron chi connectivity index (χ4n) is 9.77. The number of aryl methyl sites for hydroxylation is 2. The molecule has 2 aromatic carbocycles. The Labute approximate surface area is 375 Å². The first kappa shape index (κ1) is 41.5. The summed E-state index contributed by atoms with van der Waals surface area (Å²) >= 11 is 7.95. The minimum absolute atomic E-state index is 0.0631. The number of aromatic nitrogens is 6. The standard InChI is InChI=1S/C47H50ClN11O3S/c1-28-29(2)63-46-42(28)43(52-39(23-41-50-18-21-61-41)44-56-53-30(3)59(44)46)32-6-4-31(5-7-32)25-57-26-47(27-57)16-19-58(20-17-47)40-15-14-38(54-55-40)45(60)51-34-9-12-35(13-10-34)62-36-11-8-33(24-49)37(48)22-36/h4-8,11,14-15,18,21-22,34-35,39,45,51,60H,9-10,12-13,16-17,19-20,23,25-27H2,1-3H3/t34?,35?,39-,45?/m0/s1. The molecule has 4 aliphatic rings. The number of thiophene rings is 1. The lowest BCUT2D eigenvalue weighted by molar-refractivity contribution is -0.0241. The van der Waals surface area contributed by atoms with Crippen LogP contribution in [0.25, 0.3) is 5.00 Å². The summed E-state index contributed by atoms with van der Waals surface area (Å²) in [5.74, 6) is 3.80. The predicted octanol–water partition coefficient (Wildman–Crippen LogP) is 7.77. The molecule has 1 saturated carbocycles. The molecule has 10 rings (SSSR count). The molecule has 1 spiro atoms. The fourth-order valence-corrected chi connectivity index (χ4v) is 11.2. The molecular weight excluding hydrogens is 834 g/mol. The van der Waals surface area contributed by atoms with Gasteiger partial charge in [-0.3, -0.25) is 19.8 Å². The Hall–Kier alpha value is -5.50. The number of benzene rings is 2. The van der Waals surface area contributed by atoms with Crippen LogP contribution in [0.1, 0.15) is 107 Å². The number of oxazole rings is 1. The van der Waals surface area contributed by atoms with Gasteiger partial charge in [-0.05, 0) is 100 Å². The summed E-state index contributed by atoms with van der Waals surface area (Å²) in [6, 6.07) is 19.9. The third-order valence-electron chi connectivity index (χ3n) is 13.4. The summed E-state index contributed by atoms with van der Waals surface area (Å²) in [6.07, 6.45) is 8.59. The molecule has 3 fully saturated rings. The molecule has 4 aromatic heterocycles. The molecule has 14 nitrogen and oxygen atoms in total. The van der Waals surface area contributed by atoms with E-state index in [1.807, 2.05) is 19.1 Å². The number of ether oxygens (including phenoxy) is 1. The third kappa shape index (κ3) is 8.38. The van der Waals surface area contributed by atoms with E-state index in [1.165, 1.54) is 16.0 Å². The minimum Gasteiger partial charge on any atom is -0.490 e. The van der Waals surface area contributed by atoms with Crippen LogP contribution in [0.15, 0.2) is 76.5 Å². The van der Waals surface area contributed by atoms with Gasteiger partial charge in [-0.25, -0.2) is 4.98 Å². The topological polar surface area (TPSA) is 167 Å². The fraction of sp³-hybridized carbons (Fsp3) is 0.426. The summed E-state index contributed by atoms with van der Waals surface area (Å²) in [6.45, 7) is 11.3. The van der Waals surface area contributed by atoms with Crippen LogP contribution in [0.5, 0.6) is 5.75 Å². The summed E-state index contributed by atoms with van der Waals surface area (Å²) in [4.78, 5) is 15.9. The summed E-state index contributed by atoms with van der Waals surface area (Å²) in [5.41, 5.74) is 7.01. The minimum atomic E-state index is -0.892. The molecule has 0 bridgehead atoms. The first-order valence-corrected chi connectivity index (χ1v) is 23.0. The molecule has 16 heteroatoms. The van der Waals surface area contributed by atoms with Crippen molar-refractivity contribution in [1.82, 2.24) is 40.2 Å². The molecule has 2 saturated heterocycles. The van der Waals surface area contributed by atoms with Gasteiger partial charge < -0.3 is 19.2 Å². The Bertz CT molecular complexity index is 2650. The first-order valence-electron chi connectivity index (χ1n) is 21.8. The highest BCUT2D eigenvalue weighted by Crippen LogP contribution is 2.43. The molecular formula is C47H50ClN11O3S. The van der Waals surface area contributed by atoms with Crippen LogP contribution in [0.2, 0.25) is 5.02 Å². The quantitative estimate of drug-likeness (QED) is 0.122. The summed E-state index contributed by atoms with van der Waals surface area (Å²) in [7, 11) is 0. The SMILES string of the molecule is Cc1sc2c(c1C)C(c1ccc(CN3CC4(CCN(c5ccc(C(O)NC6CCC(Oc7ccc(C#N)c(Cl)c7)CC6)nn5)CC4)C3)cc1)=N[C@@H](Cc1ncco1)c1nnc(C)n1-2. The second-order valence-corrected chi connectivity index (χ2v) is 19.2. The van der Waals surface area contributed by atoms with Crippen molar-refractivity contribution < 1.29 is 14.3 Å². The first-order chi connectivity index (χ1) is 30.6. The maximum atomic E-state index is 11.0. The largest absolute Gasteiger partial charge is 0.490 e. The predicted molar refractivity (Wildman–Crippen MR) is 241 cm³/mol. The van der Waals surface area contributed by atoms with Crippen molar-refractivity contribution in [3.05, 3.63) is 128 Å². The molecule has 63 heavy (non-hydrogen) atoms. The number of hydrogen-bond acceptors (Lipinski definition) is 14. The molecule has 2 atom stereocenters. The van der Waals surface area contributed by atoms with Crippen LogP contribution in [0.3, 0.4) is 0 Å². The van der Waals surface area contributed by atoms with E-state index < -0.39 is 6.23 Å². The van der Waals surface area contributed by atoms with Gasteiger partial charge in [0.1, 0.15) is 46.9 Å². The second-order valence-electron chi connectivity index (χ2n) is 17.6. The zero-order valence-corrected chi connectivity index (χ0v) is 37.2. The highest BCUT2D eigenvalue weighted by atomic mass is 35.5. The van der Waals surface area contributed by atoms with Crippen molar-refractivity contribution in [2.75, 3.05) is 31.1 Å². The average Bonchev–Trinajstić information content (AvgIpc) is 3.99. The van der Waals surface area contributed by atoms with E-state index in [4.69, 9.17) is 31.0 Å². The van der Waals surface area contributed by atoms with Crippen molar-refractivity contribution >= 4 is 34.5 Å². The van der Waals surface area contributed by atoms with E-state index in [0.717, 1.165) is 111 Å². The molecule has 7 heterocycles. The molecule has 6 aromatic rings. The van der Waals surface area contributed by atoms with Gasteiger partial charge in [-0.15, -0.1) is 31.7 Å². The number of nitrogens with one attached hydrogen (secondary N) is 1. The monoisotopic (exact) mass is 883 g/mol. The Balaban J connectivity index is 0.711. The van der Waals surface area contributed by atoms with Crippen molar-refractivity contribution in [3.8, 4) is 16.8 Å². The van der Waals surface area contributed by atoms with Crippen molar-refractivity contribution in [2.24, 2.45) is 10.4 Å². The van der Waals surface area contributed by atoms with Crippen LogP contribution in [-0.2, 0) is 13.0 Å². The lowest BCUT2D eigenvalue weighted by atomic mass is 9.72. The van der Waals surface area contributed by atoms with Gasteiger partial charge in [0.25, 0.3) is 0 Å². The number of likely N-dealkylation sites (tertiary alicyclic amines) is 1. The van der Waals surface area contributed by atoms with Crippen molar-refractivity contribution in [3.63, 3.8) is 0 Å². The van der Waals surface area contributed by atoms with E-state index >= 15 is 0 Å². The third-order valence-corrected chi connectivity index (χ3v) is 14.9. The van der Waals surface area contributed by atoms with Crippen molar-refractivity contribution in [2.45, 2.75) is 96.7 Å². The van der Waals surface area contributed by atoms with Gasteiger partial charge in [0.2, 0.25) is 0 Å². The maximum Gasteiger partial charge on any atom is 0.196 e. The molecule has 3 aliphatic heterocycles. The van der Waals surface area contributed by atoms with E-state index in [9.17, 15) is 5.11 Å². The Morgan fingerprint density at radius 1 is 1.00 bits per heavy atom. The molecule has 2 N–H and O–H groups in total. The second kappa shape index (κ2) is 17.2. The number of fused-ring (bicyclic) bond motifs is 3. The van der Waals surface area contributed by atoms with Crippen LogP contribution < -0.4 is 15.0 Å². The van der Waals surface area contributed by atoms with E-state index in [0.29, 0.717) is 39.8 Å². The number of hydrogen-bond donors (Lipinski definition) is 2. The zero-order valence-electron chi connectivity index (χ0n) is 35.7. The van der Waals surface area contributed by atoms with E-state index in [-0.39, 0.29) is 18.2 Å². The normalized spacial score (nSPS) is 21.2. The number of aliphatic hydroxyl groups excluding tert-OH is 1. The van der Waals surface area contributed by atoms with Gasteiger partial charge >= 0.3 is 0 Å². The highest BCUT2D eigenvalue weighted by Gasteiger charge is 2.45. The van der Waals surface area contributed by atoms with Gasteiger partial charge in [0.15, 0.2) is 17.5 Å². The van der Waals surface area contributed by atoms with Gasteiger partial charge in [-0.2, -0.15) is 5.26 Å². The number of nitrogens with zero attached hydrogens (tertiary/aromatic N) is 10. The number of anilines is 1. The average molecular weight is 885 g/mol. The van der Waals surface area contributed by atoms with Crippen LogP contribution in [0, 0.1) is 37.5 Å².